The molecule has 0 aliphatic rings. The van der Waals surface area contributed by atoms with Crippen LogP contribution in [0.4, 0.5) is 0 Å². The molecule has 0 bridgehead atoms. The monoisotopic (exact) mass is 284 g/mol. The van der Waals surface area contributed by atoms with Crippen LogP contribution in [0.1, 0.15) is 5.82 Å². The first-order valence-corrected chi connectivity index (χ1v) is 6.22. The van der Waals surface area contributed by atoms with Crippen molar-refractivity contribution in [3.8, 4) is 28.6 Å². The minimum atomic E-state index is -0.313. The highest BCUT2D eigenvalue weighted by molar-refractivity contribution is 5.59. The van der Waals surface area contributed by atoms with Crippen LogP contribution in [0.5, 0.6) is 5.75 Å². The third-order valence-corrected chi connectivity index (χ3v) is 2.93. The summed E-state index contributed by atoms with van der Waals surface area (Å²) in [7, 11) is 1.60. The fraction of sp³-hybridized carbons (Fsp3) is 0.143. The van der Waals surface area contributed by atoms with Crippen molar-refractivity contribution in [1.29, 1.82) is 0 Å². The first-order chi connectivity index (χ1) is 10.2. The average Bonchev–Trinajstić information content (AvgIpc) is 2.97. The van der Waals surface area contributed by atoms with Gasteiger partial charge in [0.2, 0.25) is 5.82 Å². The molecule has 0 amide bonds. The van der Waals surface area contributed by atoms with Crippen molar-refractivity contribution in [3.05, 3.63) is 46.6 Å². The van der Waals surface area contributed by atoms with Gasteiger partial charge in [-0.25, -0.2) is 4.98 Å². The number of nitrogens with one attached hydrogen (secondary N) is 1. The second kappa shape index (κ2) is 5.20. The van der Waals surface area contributed by atoms with E-state index in [1.807, 2.05) is 12.1 Å². The lowest BCUT2D eigenvalue weighted by molar-refractivity contribution is 0.414. The summed E-state index contributed by atoms with van der Waals surface area (Å²) in [6.45, 7) is 1.70. The number of benzene rings is 1. The molecule has 2 aromatic heterocycles. The zero-order valence-corrected chi connectivity index (χ0v) is 11.5. The second-order valence-electron chi connectivity index (χ2n) is 4.36. The molecule has 0 spiro atoms. The van der Waals surface area contributed by atoms with Crippen molar-refractivity contribution in [2.75, 3.05) is 7.11 Å². The van der Waals surface area contributed by atoms with E-state index >= 15 is 0 Å². The van der Waals surface area contributed by atoms with E-state index in [-0.39, 0.29) is 17.0 Å². The van der Waals surface area contributed by atoms with Crippen LogP contribution in [0.3, 0.4) is 0 Å². The van der Waals surface area contributed by atoms with Crippen LogP contribution in [0.15, 0.2) is 39.8 Å². The Morgan fingerprint density at radius 2 is 2.00 bits per heavy atom. The van der Waals surface area contributed by atoms with Gasteiger partial charge in [0.25, 0.3) is 11.4 Å². The number of nitrogens with zero attached hydrogens (tertiary/aromatic N) is 3. The molecule has 0 radical (unpaired) electrons. The Labute approximate surface area is 119 Å². The van der Waals surface area contributed by atoms with Crippen molar-refractivity contribution in [1.82, 2.24) is 20.1 Å². The summed E-state index contributed by atoms with van der Waals surface area (Å²) in [6.07, 6.45) is 1.42. The normalized spacial score (nSPS) is 10.6. The van der Waals surface area contributed by atoms with Crippen LogP contribution in [0, 0.1) is 6.92 Å². The molecule has 7 heteroatoms. The number of H-pyrrole nitrogens is 1. The first-order valence-electron chi connectivity index (χ1n) is 6.22. The third-order valence-electron chi connectivity index (χ3n) is 2.93. The maximum Gasteiger partial charge on any atom is 0.265 e. The molecule has 1 N–H and O–H groups in total. The zero-order chi connectivity index (χ0) is 14.8. The maximum absolute atomic E-state index is 11.8. The number of methoxy groups -OCH3 is 1. The van der Waals surface area contributed by atoms with Gasteiger partial charge in [-0.05, 0) is 31.2 Å². The fourth-order valence-electron chi connectivity index (χ4n) is 1.83. The van der Waals surface area contributed by atoms with E-state index in [4.69, 9.17) is 9.26 Å². The quantitative estimate of drug-likeness (QED) is 0.788. The Kier molecular flexibility index (Phi) is 3.23. The lowest BCUT2D eigenvalue weighted by Gasteiger charge is -1.98. The summed E-state index contributed by atoms with van der Waals surface area (Å²) in [5.41, 5.74) is 0.697. The molecule has 0 saturated carbocycles. The van der Waals surface area contributed by atoms with Crippen molar-refractivity contribution in [2.24, 2.45) is 0 Å². The number of hydrogen-bond donors (Lipinski definition) is 1. The number of ether oxygens (including phenoxy) is 1. The predicted octanol–water partition coefficient (Wildman–Crippen LogP) is 1.80. The molecular formula is C14H12N4O3. The number of aromatic amines is 1. The molecule has 0 unspecified atom stereocenters. The van der Waals surface area contributed by atoms with E-state index in [2.05, 4.69) is 20.1 Å². The van der Waals surface area contributed by atoms with E-state index in [1.54, 1.807) is 26.2 Å². The van der Waals surface area contributed by atoms with Crippen LogP contribution in [-0.4, -0.2) is 27.2 Å². The summed E-state index contributed by atoms with van der Waals surface area (Å²) in [5.74, 6) is 1.79. The summed E-state index contributed by atoms with van der Waals surface area (Å²) < 4.78 is 10.2. The summed E-state index contributed by atoms with van der Waals surface area (Å²) in [5, 5.41) is 3.87. The van der Waals surface area contributed by atoms with Crippen LogP contribution < -0.4 is 10.3 Å². The molecule has 2 heterocycles. The molecule has 0 fully saturated rings. The van der Waals surface area contributed by atoms with Gasteiger partial charge in [-0.3, -0.25) is 4.79 Å². The second-order valence-corrected chi connectivity index (χ2v) is 4.36. The minimum absolute atomic E-state index is 0.134. The standard InChI is InChI=1S/C14H12N4O3/c1-8-15-7-11(13(19)16-8)14-17-12(18-21-14)9-3-5-10(20-2)6-4-9/h3-7H,1-2H3,(H,15,16,19). The van der Waals surface area contributed by atoms with Crippen LogP contribution in [-0.2, 0) is 0 Å². The van der Waals surface area contributed by atoms with E-state index in [1.165, 1.54) is 6.20 Å². The molecule has 3 aromatic rings. The van der Waals surface area contributed by atoms with Crippen LogP contribution in [0.25, 0.3) is 22.8 Å². The van der Waals surface area contributed by atoms with Gasteiger partial charge in [-0.15, -0.1) is 0 Å². The summed E-state index contributed by atoms with van der Waals surface area (Å²) >= 11 is 0. The van der Waals surface area contributed by atoms with Crippen molar-refractivity contribution >= 4 is 0 Å². The van der Waals surface area contributed by atoms with Gasteiger partial charge in [0, 0.05) is 11.8 Å². The molecule has 0 aliphatic carbocycles. The number of rotatable bonds is 3. The lowest BCUT2D eigenvalue weighted by Crippen LogP contribution is -2.11. The Bertz CT molecular complexity index is 821. The number of hydrogen-bond acceptors (Lipinski definition) is 6. The Balaban J connectivity index is 1.97. The summed E-state index contributed by atoms with van der Waals surface area (Å²) in [4.78, 5) is 22.7. The molecule has 1 aromatic carbocycles. The topological polar surface area (TPSA) is 93.9 Å². The molecule has 7 nitrogen and oxygen atoms in total. The number of aryl methyl sites for hydroxylation is 1. The zero-order valence-electron chi connectivity index (χ0n) is 11.5. The van der Waals surface area contributed by atoms with Crippen molar-refractivity contribution in [3.63, 3.8) is 0 Å². The van der Waals surface area contributed by atoms with Crippen molar-refractivity contribution < 1.29 is 9.26 Å². The van der Waals surface area contributed by atoms with Gasteiger partial charge in [0.1, 0.15) is 17.1 Å². The highest BCUT2D eigenvalue weighted by atomic mass is 16.5. The SMILES string of the molecule is COc1ccc(-c2noc(-c3cnc(C)[nH]c3=O)n2)cc1. The first kappa shape index (κ1) is 13.0. The van der Waals surface area contributed by atoms with Gasteiger partial charge < -0.3 is 14.2 Å². The summed E-state index contributed by atoms with van der Waals surface area (Å²) in [6, 6.07) is 7.22. The largest absolute Gasteiger partial charge is 0.497 e. The molecule has 0 saturated heterocycles. The van der Waals surface area contributed by atoms with E-state index in [0.717, 1.165) is 11.3 Å². The fourth-order valence-corrected chi connectivity index (χ4v) is 1.83. The van der Waals surface area contributed by atoms with Gasteiger partial charge in [-0.2, -0.15) is 4.98 Å². The predicted molar refractivity (Wildman–Crippen MR) is 74.9 cm³/mol. The number of aromatic nitrogens is 4. The molecule has 3 rings (SSSR count). The van der Waals surface area contributed by atoms with Gasteiger partial charge >= 0.3 is 0 Å². The molecule has 0 atom stereocenters. The van der Waals surface area contributed by atoms with Gasteiger partial charge in [0.15, 0.2) is 0 Å². The lowest BCUT2D eigenvalue weighted by atomic mass is 10.2. The van der Waals surface area contributed by atoms with Crippen LogP contribution >= 0.6 is 0 Å². The van der Waals surface area contributed by atoms with Gasteiger partial charge in [0.05, 0.1) is 7.11 Å². The van der Waals surface area contributed by atoms with E-state index in [0.29, 0.717) is 11.6 Å². The molecular weight excluding hydrogens is 272 g/mol. The Morgan fingerprint density at radius 3 is 2.67 bits per heavy atom. The smallest absolute Gasteiger partial charge is 0.265 e. The average molecular weight is 284 g/mol. The molecule has 106 valence electrons. The Morgan fingerprint density at radius 1 is 1.24 bits per heavy atom. The highest BCUT2D eigenvalue weighted by Crippen LogP contribution is 2.22. The highest BCUT2D eigenvalue weighted by Gasteiger charge is 2.14. The van der Waals surface area contributed by atoms with Crippen LogP contribution in [0.2, 0.25) is 0 Å². The van der Waals surface area contributed by atoms with Gasteiger partial charge in [-0.1, -0.05) is 5.16 Å². The maximum atomic E-state index is 11.8. The minimum Gasteiger partial charge on any atom is -0.497 e. The van der Waals surface area contributed by atoms with E-state index < -0.39 is 0 Å². The molecule has 0 aliphatic heterocycles. The Hall–Kier alpha value is -2.96. The third kappa shape index (κ3) is 2.53. The van der Waals surface area contributed by atoms with Crippen molar-refractivity contribution in [2.45, 2.75) is 6.92 Å². The molecule has 21 heavy (non-hydrogen) atoms. The van der Waals surface area contributed by atoms with E-state index in [9.17, 15) is 4.79 Å².